The molecule has 0 N–H and O–H groups in total. The first kappa shape index (κ1) is 17.2. The number of hydrogen-bond acceptors (Lipinski definition) is 3. The number of hydrogen-bond donors (Lipinski definition) is 0. The third kappa shape index (κ3) is 3.00. The SMILES string of the molecule is CCCn1nccc1S(=O)(=O)N1C[C@@H](c2ccccc2)C(C)(C)C1. The van der Waals surface area contributed by atoms with E-state index in [1.54, 1.807) is 21.3 Å². The summed E-state index contributed by atoms with van der Waals surface area (Å²) in [7, 11) is -3.53. The molecule has 0 radical (unpaired) electrons. The Hall–Kier alpha value is -1.66. The van der Waals surface area contributed by atoms with Gasteiger partial charge in [0.15, 0.2) is 5.03 Å². The highest BCUT2D eigenvalue weighted by molar-refractivity contribution is 7.89. The molecule has 24 heavy (non-hydrogen) atoms. The molecule has 3 rings (SSSR count). The summed E-state index contributed by atoms with van der Waals surface area (Å²) < 4.78 is 29.5. The third-order valence-corrected chi connectivity index (χ3v) is 6.67. The lowest BCUT2D eigenvalue weighted by molar-refractivity contribution is 0.346. The van der Waals surface area contributed by atoms with Gasteiger partial charge in [0, 0.05) is 25.6 Å². The second-order valence-electron chi connectivity index (χ2n) is 7.14. The standard InChI is InChI=1S/C18H25N3O2S/c1-4-12-21-17(10-11-19-21)24(22,23)20-13-16(18(2,3)14-20)15-8-6-5-7-9-15/h5-11,16H,4,12-14H2,1-3H3/t16-/m0/s1. The summed E-state index contributed by atoms with van der Waals surface area (Å²) in [4.78, 5) is 0. The molecule has 0 unspecified atom stereocenters. The Bertz CT molecular complexity index is 797. The summed E-state index contributed by atoms with van der Waals surface area (Å²) in [6, 6.07) is 11.8. The molecule has 1 aliphatic rings. The van der Waals surface area contributed by atoms with Crippen LogP contribution in [-0.4, -0.2) is 35.6 Å². The van der Waals surface area contributed by atoms with E-state index < -0.39 is 10.0 Å². The fourth-order valence-corrected chi connectivity index (χ4v) is 5.31. The van der Waals surface area contributed by atoms with Crippen molar-refractivity contribution in [2.75, 3.05) is 13.1 Å². The van der Waals surface area contributed by atoms with E-state index >= 15 is 0 Å². The molecule has 2 heterocycles. The molecule has 130 valence electrons. The van der Waals surface area contributed by atoms with Gasteiger partial charge in [-0.15, -0.1) is 0 Å². The topological polar surface area (TPSA) is 55.2 Å². The number of rotatable bonds is 5. The van der Waals surface area contributed by atoms with Crippen LogP contribution in [0, 0.1) is 5.41 Å². The fourth-order valence-electron chi connectivity index (χ4n) is 3.56. The van der Waals surface area contributed by atoms with Crippen molar-refractivity contribution >= 4 is 10.0 Å². The number of aromatic nitrogens is 2. The first-order valence-electron chi connectivity index (χ1n) is 8.43. The van der Waals surface area contributed by atoms with Crippen molar-refractivity contribution < 1.29 is 8.42 Å². The zero-order chi connectivity index (χ0) is 17.4. The maximum Gasteiger partial charge on any atom is 0.260 e. The molecule has 0 bridgehead atoms. The first-order chi connectivity index (χ1) is 11.4. The zero-order valence-electron chi connectivity index (χ0n) is 14.5. The summed E-state index contributed by atoms with van der Waals surface area (Å²) in [6.07, 6.45) is 2.42. The Morgan fingerprint density at radius 3 is 2.58 bits per heavy atom. The minimum absolute atomic E-state index is 0.107. The van der Waals surface area contributed by atoms with Gasteiger partial charge in [0.2, 0.25) is 0 Å². The van der Waals surface area contributed by atoms with Gasteiger partial charge < -0.3 is 0 Å². The van der Waals surface area contributed by atoms with Crippen molar-refractivity contribution in [1.29, 1.82) is 0 Å². The first-order valence-corrected chi connectivity index (χ1v) is 9.87. The Kier molecular flexibility index (Phi) is 4.53. The molecule has 0 aliphatic carbocycles. The predicted octanol–water partition coefficient (Wildman–Crippen LogP) is 3.11. The van der Waals surface area contributed by atoms with Crippen molar-refractivity contribution in [3.05, 3.63) is 48.2 Å². The van der Waals surface area contributed by atoms with E-state index in [1.807, 2.05) is 25.1 Å². The van der Waals surface area contributed by atoms with Crippen molar-refractivity contribution in [2.45, 2.75) is 44.7 Å². The van der Waals surface area contributed by atoms with Gasteiger partial charge in [-0.25, -0.2) is 8.42 Å². The summed E-state index contributed by atoms with van der Waals surface area (Å²) in [5.74, 6) is 0.191. The average Bonchev–Trinajstić information content (AvgIpc) is 3.13. The van der Waals surface area contributed by atoms with Crippen LogP contribution in [0.3, 0.4) is 0 Å². The largest absolute Gasteiger partial charge is 0.260 e. The number of benzene rings is 1. The zero-order valence-corrected chi connectivity index (χ0v) is 15.3. The highest BCUT2D eigenvalue weighted by Crippen LogP contribution is 2.44. The lowest BCUT2D eigenvalue weighted by atomic mass is 9.78. The number of nitrogens with zero attached hydrogens (tertiary/aromatic N) is 3. The lowest BCUT2D eigenvalue weighted by Crippen LogP contribution is -2.32. The van der Waals surface area contributed by atoms with Crippen molar-refractivity contribution in [3.63, 3.8) is 0 Å². The summed E-state index contributed by atoms with van der Waals surface area (Å²) in [5, 5.41) is 4.47. The van der Waals surface area contributed by atoms with Crippen molar-refractivity contribution in [1.82, 2.24) is 14.1 Å². The monoisotopic (exact) mass is 347 g/mol. The van der Waals surface area contributed by atoms with Crippen LogP contribution in [0.5, 0.6) is 0 Å². The quantitative estimate of drug-likeness (QED) is 0.835. The van der Waals surface area contributed by atoms with Gasteiger partial charge >= 0.3 is 0 Å². The number of sulfonamides is 1. The molecule has 2 aromatic rings. The van der Waals surface area contributed by atoms with Crippen LogP contribution in [0.4, 0.5) is 0 Å². The van der Waals surface area contributed by atoms with Crippen LogP contribution in [-0.2, 0) is 16.6 Å². The molecule has 1 atom stereocenters. The lowest BCUT2D eigenvalue weighted by Gasteiger charge is -2.25. The van der Waals surface area contributed by atoms with E-state index in [1.165, 1.54) is 5.56 Å². The normalized spacial score (nSPS) is 21.2. The second-order valence-corrected chi connectivity index (χ2v) is 9.03. The van der Waals surface area contributed by atoms with E-state index in [0.29, 0.717) is 24.7 Å². The molecule has 1 fully saturated rings. The minimum Gasteiger partial charge on any atom is -0.253 e. The van der Waals surface area contributed by atoms with Gasteiger partial charge in [-0.05, 0) is 23.5 Å². The van der Waals surface area contributed by atoms with E-state index in [4.69, 9.17) is 0 Å². The molecule has 1 aromatic carbocycles. The molecule has 0 saturated carbocycles. The van der Waals surface area contributed by atoms with Crippen LogP contribution >= 0.6 is 0 Å². The van der Waals surface area contributed by atoms with Gasteiger partial charge in [0.1, 0.15) is 0 Å². The van der Waals surface area contributed by atoms with Crippen LogP contribution in [0.1, 0.15) is 38.7 Å². The molecular formula is C18H25N3O2S. The molecular weight excluding hydrogens is 322 g/mol. The smallest absolute Gasteiger partial charge is 0.253 e. The molecule has 6 heteroatoms. The molecule has 1 aliphatic heterocycles. The molecule has 0 spiro atoms. The molecule has 5 nitrogen and oxygen atoms in total. The highest BCUT2D eigenvalue weighted by Gasteiger charge is 2.45. The maximum atomic E-state index is 13.1. The van der Waals surface area contributed by atoms with Gasteiger partial charge in [-0.1, -0.05) is 51.1 Å². The van der Waals surface area contributed by atoms with Crippen molar-refractivity contribution in [2.24, 2.45) is 5.41 Å². The summed E-state index contributed by atoms with van der Waals surface area (Å²) in [5.41, 5.74) is 1.09. The second kappa shape index (κ2) is 6.33. The number of aryl methyl sites for hydroxylation is 1. The molecule has 1 aromatic heterocycles. The van der Waals surface area contributed by atoms with E-state index in [2.05, 4.69) is 31.1 Å². The Balaban J connectivity index is 1.92. The average molecular weight is 347 g/mol. The molecule has 0 amide bonds. The van der Waals surface area contributed by atoms with Crippen LogP contribution in [0.25, 0.3) is 0 Å². The summed E-state index contributed by atoms with van der Waals surface area (Å²) in [6.45, 7) is 7.94. The van der Waals surface area contributed by atoms with Gasteiger partial charge in [-0.3, -0.25) is 4.68 Å². The predicted molar refractivity (Wildman–Crippen MR) is 94.2 cm³/mol. The Morgan fingerprint density at radius 2 is 1.92 bits per heavy atom. The van der Waals surface area contributed by atoms with E-state index in [0.717, 1.165) is 6.42 Å². The van der Waals surface area contributed by atoms with Crippen molar-refractivity contribution in [3.8, 4) is 0 Å². The van der Waals surface area contributed by atoms with Crippen LogP contribution in [0.15, 0.2) is 47.6 Å². The molecule has 1 saturated heterocycles. The van der Waals surface area contributed by atoms with E-state index in [9.17, 15) is 8.42 Å². The van der Waals surface area contributed by atoms with E-state index in [-0.39, 0.29) is 11.3 Å². The minimum atomic E-state index is -3.53. The Labute approximate surface area is 144 Å². The highest BCUT2D eigenvalue weighted by atomic mass is 32.2. The Morgan fingerprint density at radius 1 is 1.21 bits per heavy atom. The van der Waals surface area contributed by atoms with Gasteiger partial charge in [0.25, 0.3) is 10.0 Å². The third-order valence-electron chi connectivity index (χ3n) is 4.83. The van der Waals surface area contributed by atoms with Crippen LogP contribution in [0.2, 0.25) is 0 Å². The van der Waals surface area contributed by atoms with Gasteiger partial charge in [0.05, 0.1) is 6.20 Å². The summed E-state index contributed by atoms with van der Waals surface area (Å²) >= 11 is 0. The maximum absolute atomic E-state index is 13.1. The van der Waals surface area contributed by atoms with Crippen LogP contribution < -0.4 is 0 Å². The fraction of sp³-hybridized carbons (Fsp3) is 0.500. The van der Waals surface area contributed by atoms with Gasteiger partial charge in [-0.2, -0.15) is 9.40 Å².